The number of carbonyl (C=O) groups is 1. The van der Waals surface area contributed by atoms with Crippen molar-refractivity contribution in [1.29, 1.82) is 0 Å². The molecule has 0 aromatic heterocycles. The van der Waals surface area contributed by atoms with Gasteiger partial charge in [0, 0.05) is 5.56 Å². The summed E-state index contributed by atoms with van der Waals surface area (Å²) in [4.78, 5) is 10.6. The SMILES string of the molecule is [2H]C(=O)c1ccc(C)c(CO)c1. The van der Waals surface area contributed by atoms with E-state index in [0.717, 1.165) is 5.56 Å². The molecule has 0 spiro atoms. The molecule has 0 aliphatic rings. The van der Waals surface area contributed by atoms with Crippen molar-refractivity contribution in [3.8, 4) is 0 Å². The van der Waals surface area contributed by atoms with Crippen molar-refractivity contribution < 1.29 is 11.3 Å². The van der Waals surface area contributed by atoms with E-state index in [1.54, 1.807) is 18.2 Å². The second-order valence-electron chi connectivity index (χ2n) is 2.40. The van der Waals surface area contributed by atoms with E-state index in [0.29, 0.717) is 11.1 Å². The minimum atomic E-state index is -0.718. The molecular formula is C9H10O2. The number of carbonyl (C=O) groups excluding carboxylic acids is 1. The number of hydrogen-bond acceptors (Lipinski definition) is 2. The average molecular weight is 151 g/mol. The maximum absolute atomic E-state index is 10.6. The quantitative estimate of drug-likeness (QED) is 0.647. The number of aldehydes is 1. The number of rotatable bonds is 2. The van der Waals surface area contributed by atoms with Crippen LogP contribution < -0.4 is 0 Å². The highest BCUT2D eigenvalue weighted by Crippen LogP contribution is 2.09. The summed E-state index contributed by atoms with van der Waals surface area (Å²) < 4.78 is 6.84. The third-order valence-corrected chi connectivity index (χ3v) is 1.64. The molecule has 0 bridgehead atoms. The molecule has 11 heavy (non-hydrogen) atoms. The van der Waals surface area contributed by atoms with Crippen LogP contribution in [-0.4, -0.2) is 11.4 Å². The van der Waals surface area contributed by atoms with Gasteiger partial charge in [-0.15, -0.1) is 0 Å². The lowest BCUT2D eigenvalue weighted by Crippen LogP contribution is -1.90. The highest BCUT2D eigenvalue weighted by atomic mass is 16.3. The van der Waals surface area contributed by atoms with Crippen LogP contribution in [0, 0.1) is 6.92 Å². The van der Waals surface area contributed by atoms with E-state index in [9.17, 15) is 4.79 Å². The van der Waals surface area contributed by atoms with E-state index in [2.05, 4.69) is 0 Å². The molecular weight excluding hydrogens is 140 g/mol. The smallest absolute Gasteiger partial charge is 0.150 e. The number of aryl methyl sites for hydroxylation is 1. The van der Waals surface area contributed by atoms with Gasteiger partial charge in [-0.05, 0) is 24.1 Å². The van der Waals surface area contributed by atoms with Gasteiger partial charge in [-0.2, -0.15) is 0 Å². The van der Waals surface area contributed by atoms with Gasteiger partial charge in [-0.1, -0.05) is 12.1 Å². The number of benzene rings is 1. The van der Waals surface area contributed by atoms with E-state index in [-0.39, 0.29) is 6.61 Å². The van der Waals surface area contributed by atoms with Crippen LogP contribution in [0.3, 0.4) is 0 Å². The molecule has 0 saturated carbocycles. The monoisotopic (exact) mass is 151 g/mol. The van der Waals surface area contributed by atoms with Crippen molar-refractivity contribution in [2.75, 3.05) is 0 Å². The fraction of sp³-hybridized carbons (Fsp3) is 0.222. The van der Waals surface area contributed by atoms with Crippen LogP contribution in [0.5, 0.6) is 0 Å². The topological polar surface area (TPSA) is 37.3 Å². The Hall–Kier alpha value is -1.15. The molecule has 1 rings (SSSR count). The second kappa shape index (κ2) is 3.30. The molecule has 0 unspecified atom stereocenters. The average Bonchev–Trinajstić information content (AvgIpc) is 2.05. The Bertz CT molecular complexity index is 307. The molecule has 0 radical (unpaired) electrons. The molecule has 1 N–H and O–H groups in total. The molecule has 0 amide bonds. The molecule has 0 atom stereocenters. The lowest BCUT2D eigenvalue weighted by atomic mass is 10.1. The zero-order valence-corrected chi connectivity index (χ0v) is 6.29. The van der Waals surface area contributed by atoms with Crippen molar-refractivity contribution in [1.82, 2.24) is 0 Å². The van der Waals surface area contributed by atoms with Gasteiger partial charge in [0.05, 0.1) is 6.61 Å². The maximum Gasteiger partial charge on any atom is 0.150 e. The van der Waals surface area contributed by atoms with Gasteiger partial charge in [0.1, 0.15) is 7.63 Å². The minimum Gasteiger partial charge on any atom is -0.392 e. The molecule has 1 aromatic rings. The number of hydrogen-bond donors (Lipinski definition) is 1. The van der Waals surface area contributed by atoms with Gasteiger partial charge in [0.25, 0.3) is 0 Å². The van der Waals surface area contributed by atoms with E-state index < -0.39 is 6.26 Å². The number of aliphatic hydroxyl groups excluding tert-OH is 1. The maximum atomic E-state index is 10.6. The highest BCUT2D eigenvalue weighted by Gasteiger charge is 1.97. The van der Waals surface area contributed by atoms with Crippen molar-refractivity contribution in [2.45, 2.75) is 13.5 Å². The molecule has 0 saturated heterocycles. The predicted molar refractivity (Wildman–Crippen MR) is 42.5 cm³/mol. The van der Waals surface area contributed by atoms with Crippen molar-refractivity contribution in [3.05, 3.63) is 34.9 Å². The third kappa shape index (κ3) is 1.65. The van der Waals surface area contributed by atoms with Gasteiger partial charge >= 0.3 is 0 Å². The van der Waals surface area contributed by atoms with Gasteiger partial charge in [-0.25, -0.2) is 0 Å². The number of aliphatic hydroxyl groups is 1. The standard InChI is InChI=1S/C9H10O2/c1-7-2-3-8(5-10)4-9(7)6-11/h2-5,11H,6H2,1H3/i5D. The third-order valence-electron chi connectivity index (χ3n) is 1.64. The zero-order chi connectivity index (χ0) is 9.14. The van der Waals surface area contributed by atoms with Crippen LogP contribution in [0.2, 0.25) is 0 Å². The van der Waals surface area contributed by atoms with Gasteiger partial charge in [0.15, 0.2) is 0 Å². The largest absolute Gasteiger partial charge is 0.392 e. The Balaban J connectivity index is 3.13. The van der Waals surface area contributed by atoms with Crippen LogP contribution >= 0.6 is 0 Å². The van der Waals surface area contributed by atoms with E-state index in [1.165, 1.54) is 0 Å². The highest BCUT2D eigenvalue weighted by molar-refractivity contribution is 5.75. The lowest BCUT2D eigenvalue weighted by molar-refractivity contribution is 0.112. The molecule has 0 heterocycles. The van der Waals surface area contributed by atoms with E-state index >= 15 is 0 Å². The van der Waals surface area contributed by atoms with Crippen molar-refractivity contribution in [3.63, 3.8) is 0 Å². The fourth-order valence-corrected chi connectivity index (χ4v) is 0.905. The van der Waals surface area contributed by atoms with Crippen molar-refractivity contribution >= 4 is 6.26 Å². The fourth-order valence-electron chi connectivity index (χ4n) is 0.905. The van der Waals surface area contributed by atoms with Crippen LogP contribution in [0.1, 0.15) is 22.9 Å². The normalized spacial score (nSPS) is 10.9. The first kappa shape index (κ1) is 6.55. The summed E-state index contributed by atoms with van der Waals surface area (Å²) in [6, 6.07) is 4.86. The molecule has 0 fully saturated rings. The molecule has 2 nitrogen and oxygen atoms in total. The van der Waals surface area contributed by atoms with Crippen molar-refractivity contribution in [2.24, 2.45) is 0 Å². The summed E-state index contributed by atoms with van der Waals surface area (Å²) >= 11 is 0. The Morgan fingerprint density at radius 1 is 1.73 bits per heavy atom. The summed E-state index contributed by atoms with van der Waals surface area (Å²) in [5.74, 6) is 0. The van der Waals surface area contributed by atoms with E-state index in [1.807, 2.05) is 6.92 Å². The first-order valence-electron chi connectivity index (χ1n) is 3.86. The Morgan fingerprint density at radius 2 is 2.45 bits per heavy atom. The minimum absolute atomic E-state index is 0.0903. The molecule has 1 aromatic carbocycles. The summed E-state index contributed by atoms with van der Waals surface area (Å²) in [6.45, 7) is 1.76. The van der Waals surface area contributed by atoms with Crippen LogP contribution in [-0.2, 0) is 6.61 Å². The second-order valence-corrected chi connectivity index (χ2v) is 2.40. The van der Waals surface area contributed by atoms with Crippen LogP contribution in [0.15, 0.2) is 18.2 Å². The molecule has 58 valence electrons. The van der Waals surface area contributed by atoms with Gasteiger partial charge < -0.3 is 5.11 Å². The Kier molecular flexibility index (Phi) is 1.97. The Labute approximate surface area is 66.9 Å². The van der Waals surface area contributed by atoms with E-state index in [4.69, 9.17) is 6.48 Å². The molecule has 2 heteroatoms. The van der Waals surface area contributed by atoms with Gasteiger partial charge in [-0.3, -0.25) is 4.79 Å². The lowest BCUT2D eigenvalue weighted by Gasteiger charge is -2.01. The Morgan fingerprint density at radius 3 is 3.00 bits per heavy atom. The first-order chi connectivity index (χ1) is 5.65. The first-order valence-corrected chi connectivity index (χ1v) is 3.36. The molecule has 0 aliphatic carbocycles. The summed E-state index contributed by atoms with van der Waals surface area (Å²) in [5, 5.41) is 8.85. The zero-order valence-electron chi connectivity index (χ0n) is 7.29. The van der Waals surface area contributed by atoms with Crippen LogP contribution in [0.4, 0.5) is 0 Å². The summed E-state index contributed by atoms with van der Waals surface area (Å²) in [6.07, 6.45) is -0.718. The van der Waals surface area contributed by atoms with Crippen LogP contribution in [0.25, 0.3) is 0 Å². The summed E-state index contributed by atoms with van der Waals surface area (Å²) in [7, 11) is 0. The van der Waals surface area contributed by atoms with Gasteiger partial charge in [0.2, 0.25) is 0 Å². The molecule has 0 aliphatic heterocycles. The summed E-state index contributed by atoms with van der Waals surface area (Å²) in [5.41, 5.74) is 1.96. The predicted octanol–water partition coefficient (Wildman–Crippen LogP) is 1.30.